The fraction of sp³-hybridized carbons (Fsp3) is 0.368. The van der Waals surface area contributed by atoms with Crippen molar-refractivity contribution < 1.29 is 9.47 Å². The maximum atomic E-state index is 12.5. The van der Waals surface area contributed by atoms with Gasteiger partial charge in [0.05, 0.1) is 13.2 Å². The maximum absolute atomic E-state index is 12.5. The highest BCUT2D eigenvalue weighted by atomic mass is 16.6. The van der Waals surface area contributed by atoms with Crippen LogP contribution in [-0.4, -0.2) is 43.4 Å². The van der Waals surface area contributed by atoms with E-state index < -0.39 is 0 Å². The Morgan fingerprint density at radius 3 is 2.61 bits per heavy atom. The van der Waals surface area contributed by atoms with Crippen LogP contribution >= 0.6 is 0 Å². The second kappa shape index (κ2) is 7.43. The predicted molar refractivity (Wildman–Crippen MR) is 104 cm³/mol. The van der Waals surface area contributed by atoms with E-state index in [1.54, 1.807) is 25.3 Å². The number of ether oxygens (including phenoxy) is 2. The molecular weight excluding hydrogens is 362 g/mol. The highest BCUT2D eigenvalue weighted by Crippen LogP contribution is 2.15. The Hall–Kier alpha value is -3.20. The number of imidazole rings is 1. The molecule has 4 heterocycles. The minimum absolute atomic E-state index is 0.0766. The molecule has 1 saturated heterocycles. The molecule has 1 aliphatic rings. The topological polar surface area (TPSA) is 104 Å². The lowest BCUT2D eigenvalue weighted by molar-refractivity contribution is -0.0813. The van der Waals surface area contributed by atoms with Gasteiger partial charge in [-0.25, -0.2) is 14.8 Å². The summed E-state index contributed by atoms with van der Waals surface area (Å²) in [4.78, 5) is 36.6. The van der Waals surface area contributed by atoms with Crippen LogP contribution in [0.3, 0.4) is 0 Å². The molecule has 0 atom stereocenters. The van der Waals surface area contributed by atoms with Crippen molar-refractivity contribution in [3.8, 4) is 5.88 Å². The molecule has 0 bridgehead atoms. The van der Waals surface area contributed by atoms with Gasteiger partial charge in [-0.05, 0) is 37.6 Å². The summed E-state index contributed by atoms with van der Waals surface area (Å²) in [5.74, 6) is 1.05. The number of fused-ring (bicyclic) bond motifs is 1. The third kappa shape index (κ3) is 3.24. The van der Waals surface area contributed by atoms with Crippen LogP contribution in [0.4, 0.5) is 0 Å². The molecule has 0 unspecified atom stereocenters. The van der Waals surface area contributed by atoms with Gasteiger partial charge in [0.25, 0.3) is 5.56 Å². The Morgan fingerprint density at radius 1 is 1.21 bits per heavy atom. The Morgan fingerprint density at radius 2 is 2.00 bits per heavy atom. The first-order chi connectivity index (χ1) is 13.6. The summed E-state index contributed by atoms with van der Waals surface area (Å²) in [6.45, 7) is 5.55. The number of hydrogen-bond acceptors (Lipinski definition) is 6. The normalized spacial score (nSPS) is 14.6. The summed E-state index contributed by atoms with van der Waals surface area (Å²) in [6.07, 6.45) is 5.35. The van der Waals surface area contributed by atoms with E-state index in [2.05, 4.69) is 15.0 Å². The number of hydrogen-bond donors (Lipinski definition) is 1. The number of nitrogens with one attached hydrogen (secondary N) is 1. The minimum Gasteiger partial charge on any atom is -0.469 e. The lowest BCUT2D eigenvalue weighted by atomic mass is 10.2. The molecule has 1 N–H and O–H groups in total. The SMILES string of the molecule is CCn1c(=O)c2[nH]c(/C=C/c3ccc(OC4COC4)nc3)nc2n(CC)c1=O. The molecule has 3 aromatic rings. The van der Waals surface area contributed by atoms with E-state index in [-0.39, 0.29) is 17.4 Å². The van der Waals surface area contributed by atoms with Crippen molar-refractivity contribution in [2.45, 2.75) is 33.0 Å². The highest BCUT2D eigenvalue weighted by molar-refractivity contribution is 5.75. The van der Waals surface area contributed by atoms with Crippen LogP contribution in [-0.2, 0) is 17.8 Å². The molecule has 1 fully saturated rings. The first kappa shape index (κ1) is 18.2. The number of rotatable bonds is 6. The average molecular weight is 383 g/mol. The van der Waals surface area contributed by atoms with Crippen LogP contribution < -0.4 is 16.0 Å². The zero-order valence-electron chi connectivity index (χ0n) is 15.7. The van der Waals surface area contributed by atoms with Crippen molar-refractivity contribution in [2.24, 2.45) is 0 Å². The summed E-state index contributed by atoms with van der Waals surface area (Å²) < 4.78 is 13.4. The van der Waals surface area contributed by atoms with E-state index in [0.717, 1.165) is 5.56 Å². The third-order valence-electron chi connectivity index (χ3n) is 4.60. The first-order valence-corrected chi connectivity index (χ1v) is 9.22. The van der Waals surface area contributed by atoms with Gasteiger partial charge in [-0.2, -0.15) is 0 Å². The molecule has 0 spiro atoms. The van der Waals surface area contributed by atoms with Gasteiger partial charge in [0.1, 0.15) is 17.4 Å². The number of nitrogens with zero attached hydrogens (tertiary/aromatic N) is 4. The van der Waals surface area contributed by atoms with Crippen LogP contribution in [0, 0.1) is 0 Å². The van der Waals surface area contributed by atoms with Gasteiger partial charge in [-0.3, -0.25) is 13.9 Å². The third-order valence-corrected chi connectivity index (χ3v) is 4.60. The average Bonchev–Trinajstić information content (AvgIpc) is 3.09. The summed E-state index contributed by atoms with van der Waals surface area (Å²) >= 11 is 0. The molecule has 146 valence electrons. The second-order valence-electron chi connectivity index (χ2n) is 6.44. The van der Waals surface area contributed by atoms with Crippen molar-refractivity contribution in [1.82, 2.24) is 24.1 Å². The van der Waals surface area contributed by atoms with E-state index >= 15 is 0 Å². The van der Waals surface area contributed by atoms with Gasteiger partial charge in [0.15, 0.2) is 5.65 Å². The van der Waals surface area contributed by atoms with Gasteiger partial charge in [-0.1, -0.05) is 0 Å². The van der Waals surface area contributed by atoms with Crippen molar-refractivity contribution in [3.63, 3.8) is 0 Å². The Kier molecular flexibility index (Phi) is 4.82. The van der Waals surface area contributed by atoms with E-state index in [9.17, 15) is 9.59 Å². The van der Waals surface area contributed by atoms with Gasteiger partial charge in [0, 0.05) is 25.4 Å². The van der Waals surface area contributed by atoms with Crippen molar-refractivity contribution in [2.75, 3.05) is 13.2 Å². The summed E-state index contributed by atoms with van der Waals surface area (Å²) in [7, 11) is 0. The second-order valence-corrected chi connectivity index (χ2v) is 6.44. The van der Waals surface area contributed by atoms with Gasteiger partial charge in [0.2, 0.25) is 5.88 Å². The molecule has 0 saturated carbocycles. The molecule has 4 rings (SSSR count). The molecule has 3 aromatic heterocycles. The van der Waals surface area contributed by atoms with Crippen LogP contribution in [0.5, 0.6) is 5.88 Å². The summed E-state index contributed by atoms with van der Waals surface area (Å²) in [5.41, 5.74) is 0.846. The highest BCUT2D eigenvalue weighted by Gasteiger charge is 2.20. The van der Waals surface area contributed by atoms with Crippen molar-refractivity contribution in [3.05, 3.63) is 50.6 Å². The molecule has 0 radical (unpaired) electrons. The van der Waals surface area contributed by atoms with Crippen molar-refractivity contribution in [1.29, 1.82) is 0 Å². The number of aromatic amines is 1. The summed E-state index contributed by atoms with van der Waals surface area (Å²) in [5, 5.41) is 0. The predicted octanol–water partition coefficient (Wildman–Crippen LogP) is 1.27. The Bertz CT molecular complexity index is 1140. The summed E-state index contributed by atoms with van der Waals surface area (Å²) in [6, 6.07) is 3.68. The van der Waals surface area contributed by atoms with E-state index in [4.69, 9.17) is 9.47 Å². The lowest BCUT2D eigenvalue weighted by Crippen LogP contribution is -2.39. The fourth-order valence-corrected chi connectivity index (χ4v) is 3.02. The van der Waals surface area contributed by atoms with Crippen LogP contribution in [0.1, 0.15) is 25.2 Å². The minimum atomic E-state index is -0.359. The van der Waals surface area contributed by atoms with Crippen LogP contribution in [0.15, 0.2) is 27.9 Å². The lowest BCUT2D eigenvalue weighted by Gasteiger charge is -2.25. The van der Waals surface area contributed by atoms with Crippen molar-refractivity contribution >= 4 is 23.3 Å². The largest absolute Gasteiger partial charge is 0.469 e. The van der Waals surface area contributed by atoms with Gasteiger partial charge in [-0.15, -0.1) is 0 Å². The van der Waals surface area contributed by atoms with Crippen LogP contribution in [0.2, 0.25) is 0 Å². The van der Waals surface area contributed by atoms with Gasteiger partial charge >= 0.3 is 5.69 Å². The standard InChI is InChI=1S/C19H21N5O4/c1-3-23-17-16(18(25)24(4-2)19(23)26)21-14(22-17)7-5-12-6-8-15(20-9-12)28-13-10-27-11-13/h5-9,13H,3-4,10-11H2,1-2H3,(H,21,22)/b7-5+. The number of pyridine rings is 1. The van der Waals surface area contributed by atoms with E-state index in [0.29, 0.717) is 49.2 Å². The first-order valence-electron chi connectivity index (χ1n) is 9.22. The number of aromatic nitrogens is 5. The molecule has 0 aliphatic carbocycles. The molecule has 28 heavy (non-hydrogen) atoms. The maximum Gasteiger partial charge on any atom is 0.332 e. The quantitative estimate of drug-likeness (QED) is 0.687. The van der Waals surface area contributed by atoms with E-state index in [1.807, 2.05) is 19.1 Å². The Balaban J connectivity index is 1.61. The number of aryl methyl sites for hydroxylation is 1. The molecule has 9 nitrogen and oxygen atoms in total. The zero-order chi connectivity index (χ0) is 19.7. The molecular formula is C19H21N5O4. The molecule has 1 aliphatic heterocycles. The monoisotopic (exact) mass is 383 g/mol. The van der Waals surface area contributed by atoms with Crippen LogP contribution in [0.25, 0.3) is 23.3 Å². The van der Waals surface area contributed by atoms with Gasteiger partial charge < -0.3 is 14.5 Å². The Labute approximate surface area is 160 Å². The number of H-pyrrole nitrogens is 1. The smallest absolute Gasteiger partial charge is 0.332 e. The zero-order valence-corrected chi connectivity index (χ0v) is 15.7. The fourth-order valence-electron chi connectivity index (χ4n) is 3.02. The molecule has 0 aromatic carbocycles. The molecule has 0 amide bonds. The molecule has 9 heteroatoms. The van der Waals surface area contributed by atoms with E-state index in [1.165, 1.54) is 9.13 Å².